The summed E-state index contributed by atoms with van der Waals surface area (Å²) in [5, 5.41) is 3.14. The summed E-state index contributed by atoms with van der Waals surface area (Å²) in [6.45, 7) is 1.34. The molecular formula is C15H21N3O3S. The van der Waals surface area contributed by atoms with Gasteiger partial charge in [-0.2, -0.15) is 0 Å². The Labute approximate surface area is 133 Å². The zero-order chi connectivity index (χ0) is 15.5. The number of carbonyl (C=O) groups is 2. The van der Waals surface area contributed by atoms with Crippen LogP contribution in [0.4, 0.5) is 9.93 Å². The minimum Gasteiger partial charge on any atom is -0.453 e. The van der Waals surface area contributed by atoms with Gasteiger partial charge in [0.25, 0.3) is 0 Å². The molecule has 7 heteroatoms. The number of amides is 2. The number of carbonyl (C=O) groups excluding carboxylic acids is 2. The van der Waals surface area contributed by atoms with Gasteiger partial charge in [-0.05, 0) is 12.8 Å². The first-order valence-electron chi connectivity index (χ1n) is 7.79. The molecule has 6 nitrogen and oxygen atoms in total. The van der Waals surface area contributed by atoms with Crippen molar-refractivity contribution in [2.75, 3.05) is 19.0 Å². The maximum Gasteiger partial charge on any atom is 0.413 e. The number of hydrogen-bond acceptors (Lipinski definition) is 5. The third kappa shape index (κ3) is 3.24. The fourth-order valence-corrected chi connectivity index (χ4v) is 4.19. The molecule has 22 heavy (non-hydrogen) atoms. The molecule has 1 fully saturated rings. The van der Waals surface area contributed by atoms with Crippen molar-refractivity contribution in [3.63, 3.8) is 0 Å². The number of ether oxygens (including phenoxy) is 1. The van der Waals surface area contributed by atoms with Crippen molar-refractivity contribution < 1.29 is 14.3 Å². The third-order valence-corrected chi connectivity index (χ3v) is 5.39. The number of hydrogen-bond donors (Lipinski definition) is 1. The lowest BCUT2D eigenvalue weighted by molar-refractivity contribution is -0.137. The quantitative estimate of drug-likeness (QED) is 0.908. The first-order valence-corrected chi connectivity index (χ1v) is 8.61. The van der Waals surface area contributed by atoms with Gasteiger partial charge in [-0.25, -0.2) is 9.78 Å². The highest BCUT2D eigenvalue weighted by Crippen LogP contribution is 2.31. The van der Waals surface area contributed by atoms with E-state index in [2.05, 4.69) is 15.0 Å². The maximum atomic E-state index is 12.6. The van der Waals surface area contributed by atoms with E-state index in [1.165, 1.54) is 37.7 Å². The van der Waals surface area contributed by atoms with Gasteiger partial charge in [0.1, 0.15) is 0 Å². The van der Waals surface area contributed by atoms with Crippen molar-refractivity contribution in [3.05, 3.63) is 10.6 Å². The van der Waals surface area contributed by atoms with Gasteiger partial charge in [0.05, 0.1) is 19.3 Å². The van der Waals surface area contributed by atoms with Gasteiger partial charge >= 0.3 is 6.09 Å². The van der Waals surface area contributed by atoms with Crippen molar-refractivity contribution in [2.45, 2.75) is 45.1 Å². The number of thiazole rings is 1. The SMILES string of the molecule is COC(=O)Nc1nc2c(s1)CN(C(=O)C1CCCCC1)CC2. The lowest BCUT2D eigenvalue weighted by atomic mass is 9.88. The predicted octanol–water partition coefficient (Wildman–Crippen LogP) is 2.79. The molecule has 2 heterocycles. The van der Waals surface area contributed by atoms with Crippen molar-refractivity contribution in [3.8, 4) is 0 Å². The molecule has 0 saturated heterocycles. The molecule has 1 aromatic rings. The second-order valence-electron chi connectivity index (χ2n) is 5.85. The van der Waals surface area contributed by atoms with Crippen LogP contribution in [0.1, 0.15) is 42.7 Å². The highest BCUT2D eigenvalue weighted by atomic mass is 32.1. The monoisotopic (exact) mass is 323 g/mol. The number of aromatic nitrogens is 1. The van der Waals surface area contributed by atoms with Crippen LogP contribution in [-0.4, -0.2) is 35.5 Å². The van der Waals surface area contributed by atoms with Gasteiger partial charge in [0.2, 0.25) is 5.91 Å². The molecule has 0 spiro atoms. The Balaban J connectivity index is 1.65. The molecule has 0 bridgehead atoms. The molecule has 0 aromatic carbocycles. The van der Waals surface area contributed by atoms with E-state index in [0.717, 1.165) is 36.4 Å². The Kier molecular flexibility index (Phi) is 4.61. The molecule has 0 unspecified atom stereocenters. The van der Waals surface area contributed by atoms with E-state index in [-0.39, 0.29) is 5.92 Å². The molecule has 120 valence electrons. The number of anilines is 1. The summed E-state index contributed by atoms with van der Waals surface area (Å²) < 4.78 is 4.58. The Morgan fingerprint density at radius 1 is 1.32 bits per heavy atom. The van der Waals surface area contributed by atoms with Gasteiger partial charge in [-0.1, -0.05) is 30.6 Å². The average Bonchev–Trinajstić information content (AvgIpc) is 2.96. The summed E-state index contributed by atoms with van der Waals surface area (Å²) in [7, 11) is 1.33. The van der Waals surface area contributed by atoms with Crippen LogP contribution in [-0.2, 0) is 22.5 Å². The molecule has 2 amide bonds. The van der Waals surface area contributed by atoms with Crippen LogP contribution in [0, 0.1) is 5.92 Å². The minimum absolute atomic E-state index is 0.205. The Morgan fingerprint density at radius 2 is 2.09 bits per heavy atom. The fourth-order valence-electron chi connectivity index (χ4n) is 3.18. The lowest BCUT2D eigenvalue weighted by Crippen LogP contribution is -2.40. The Morgan fingerprint density at radius 3 is 2.82 bits per heavy atom. The predicted molar refractivity (Wildman–Crippen MR) is 83.8 cm³/mol. The summed E-state index contributed by atoms with van der Waals surface area (Å²) >= 11 is 1.43. The highest BCUT2D eigenvalue weighted by molar-refractivity contribution is 7.15. The van der Waals surface area contributed by atoms with E-state index < -0.39 is 6.09 Å². The molecular weight excluding hydrogens is 302 g/mol. The number of nitrogens with one attached hydrogen (secondary N) is 1. The van der Waals surface area contributed by atoms with Crippen LogP contribution in [0.2, 0.25) is 0 Å². The largest absolute Gasteiger partial charge is 0.453 e. The van der Waals surface area contributed by atoms with Gasteiger partial charge in [0.15, 0.2) is 5.13 Å². The second-order valence-corrected chi connectivity index (χ2v) is 6.93. The lowest BCUT2D eigenvalue weighted by Gasteiger charge is -2.31. The normalized spacial score (nSPS) is 18.7. The Hall–Kier alpha value is -1.63. The van der Waals surface area contributed by atoms with Gasteiger partial charge < -0.3 is 9.64 Å². The minimum atomic E-state index is -0.513. The summed E-state index contributed by atoms with van der Waals surface area (Å²) in [5.74, 6) is 0.497. The maximum absolute atomic E-state index is 12.6. The topological polar surface area (TPSA) is 71.5 Å². The van der Waals surface area contributed by atoms with Crippen molar-refractivity contribution in [1.29, 1.82) is 0 Å². The number of nitrogens with zero attached hydrogens (tertiary/aromatic N) is 2. The fraction of sp³-hybridized carbons (Fsp3) is 0.667. The summed E-state index contributed by atoms with van der Waals surface area (Å²) in [4.78, 5) is 31.3. The van der Waals surface area contributed by atoms with Crippen molar-refractivity contribution in [1.82, 2.24) is 9.88 Å². The molecule has 2 aliphatic rings. The summed E-state index contributed by atoms with van der Waals surface area (Å²) in [6.07, 6.45) is 5.90. The Bertz CT molecular complexity index is 566. The van der Waals surface area contributed by atoms with Crippen molar-refractivity contribution in [2.24, 2.45) is 5.92 Å². The molecule has 1 aliphatic carbocycles. The van der Waals surface area contributed by atoms with E-state index in [1.54, 1.807) is 0 Å². The third-order valence-electron chi connectivity index (χ3n) is 4.39. The van der Waals surface area contributed by atoms with E-state index in [0.29, 0.717) is 17.6 Å². The van der Waals surface area contributed by atoms with Gasteiger partial charge in [0, 0.05) is 23.8 Å². The summed E-state index contributed by atoms with van der Waals surface area (Å²) in [6, 6.07) is 0. The highest BCUT2D eigenvalue weighted by Gasteiger charge is 2.30. The zero-order valence-corrected chi connectivity index (χ0v) is 13.6. The number of methoxy groups -OCH3 is 1. The van der Waals surface area contributed by atoms with Crippen LogP contribution in [0.25, 0.3) is 0 Å². The van der Waals surface area contributed by atoms with E-state index in [1.807, 2.05) is 4.90 Å². The smallest absolute Gasteiger partial charge is 0.413 e. The second kappa shape index (κ2) is 6.64. The van der Waals surface area contributed by atoms with Crippen LogP contribution in [0.3, 0.4) is 0 Å². The molecule has 1 aliphatic heterocycles. The van der Waals surface area contributed by atoms with E-state index in [4.69, 9.17) is 0 Å². The standard InChI is InChI=1S/C15H21N3O3S/c1-21-15(20)17-14-16-11-7-8-18(9-12(11)22-14)13(19)10-5-3-2-4-6-10/h10H,2-9H2,1H3,(H,16,17,20). The van der Waals surface area contributed by atoms with E-state index in [9.17, 15) is 9.59 Å². The first-order chi connectivity index (χ1) is 10.7. The van der Waals surface area contributed by atoms with Gasteiger partial charge in [-0.3, -0.25) is 10.1 Å². The molecule has 3 rings (SSSR count). The van der Waals surface area contributed by atoms with Crippen LogP contribution in [0.15, 0.2) is 0 Å². The van der Waals surface area contributed by atoms with Gasteiger partial charge in [-0.15, -0.1) is 0 Å². The average molecular weight is 323 g/mol. The molecule has 0 radical (unpaired) electrons. The number of rotatable bonds is 2. The zero-order valence-electron chi connectivity index (χ0n) is 12.8. The molecule has 1 saturated carbocycles. The molecule has 1 N–H and O–H groups in total. The van der Waals surface area contributed by atoms with Crippen LogP contribution >= 0.6 is 11.3 Å². The molecule has 1 aromatic heterocycles. The number of fused-ring (bicyclic) bond motifs is 1. The van der Waals surface area contributed by atoms with Crippen LogP contribution in [0.5, 0.6) is 0 Å². The first kappa shape index (κ1) is 15.3. The van der Waals surface area contributed by atoms with Crippen LogP contribution < -0.4 is 5.32 Å². The van der Waals surface area contributed by atoms with E-state index >= 15 is 0 Å². The van der Waals surface area contributed by atoms with Crippen molar-refractivity contribution >= 4 is 28.5 Å². The molecule has 0 atom stereocenters. The summed E-state index contributed by atoms with van der Waals surface area (Å²) in [5.41, 5.74) is 0.990.